The Morgan fingerprint density at radius 2 is 1.78 bits per heavy atom. The molecule has 1 amide bonds. The number of amides is 1. The second kappa shape index (κ2) is 12.4. The quantitative estimate of drug-likeness (QED) is 0.204. The maximum Gasteiger partial charge on any atom is 0.340 e. The van der Waals surface area contributed by atoms with Crippen molar-refractivity contribution in [2.75, 3.05) is 19.0 Å². The van der Waals surface area contributed by atoms with Crippen molar-refractivity contribution in [1.82, 2.24) is 4.98 Å². The maximum atomic E-state index is 13.8. The summed E-state index contributed by atoms with van der Waals surface area (Å²) >= 11 is 1.55. The van der Waals surface area contributed by atoms with Crippen LogP contribution in [0.4, 0.5) is 14.5 Å². The molecule has 1 aliphatic carbocycles. The number of nitrogens with zero attached hydrogens (tertiary/aromatic N) is 1. The third kappa shape index (κ3) is 6.97. The van der Waals surface area contributed by atoms with Crippen LogP contribution in [0.1, 0.15) is 75.4 Å². The average Bonchev–Trinajstić information content (AvgIpc) is 3.40. The van der Waals surface area contributed by atoms with Gasteiger partial charge in [0.25, 0.3) is 11.8 Å². The molecule has 1 N–H and O–H groups in total. The van der Waals surface area contributed by atoms with Gasteiger partial charge in [0.2, 0.25) is 0 Å². The van der Waals surface area contributed by atoms with Crippen LogP contribution in [0.2, 0.25) is 0 Å². The fraction of sp³-hybridized carbons (Fsp3) is 0.344. The van der Waals surface area contributed by atoms with E-state index in [0.717, 1.165) is 55.0 Å². The monoisotopic (exact) mass is 578 g/mol. The summed E-state index contributed by atoms with van der Waals surface area (Å²) in [5.41, 5.74) is 2.03. The Balaban J connectivity index is 1.28. The molecule has 4 aromatic rings. The minimum atomic E-state index is -3.08. The van der Waals surface area contributed by atoms with Crippen LogP contribution in [0.5, 0.6) is 0 Å². The Morgan fingerprint density at radius 3 is 2.49 bits per heavy atom. The molecule has 6 nitrogen and oxygen atoms in total. The van der Waals surface area contributed by atoms with Crippen LogP contribution in [0.15, 0.2) is 66.7 Å². The van der Waals surface area contributed by atoms with Gasteiger partial charge in [-0.2, -0.15) is 0 Å². The molecule has 41 heavy (non-hydrogen) atoms. The van der Waals surface area contributed by atoms with Crippen LogP contribution < -0.4 is 5.32 Å². The third-order valence-corrected chi connectivity index (χ3v) is 8.67. The smallest absolute Gasteiger partial charge is 0.340 e. The highest BCUT2D eigenvalue weighted by molar-refractivity contribution is 7.18. The second-order valence-electron chi connectivity index (χ2n) is 10.6. The first-order valence-electron chi connectivity index (χ1n) is 13.7. The first-order valence-corrected chi connectivity index (χ1v) is 14.5. The summed E-state index contributed by atoms with van der Waals surface area (Å²) in [6.07, 6.45) is 4.12. The molecular formula is C32H32F2N2O4S. The first kappa shape index (κ1) is 28.8. The van der Waals surface area contributed by atoms with Crippen LogP contribution >= 0.6 is 11.3 Å². The van der Waals surface area contributed by atoms with Crippen molar-refractivity contribution in [3.05, 3.63) is 94.0 Å². The van der Waals surface area contributed by atoms with Crippen molar-refractivity contribution in [2.24, 2.45) is 5.92 Å². The average molecular weight is 579 g/mol. The number of aromatic nitrogens is 1. The topological polar surface area (TPSA) is 77.5 Å². The number of hydrogen-bond donors (Lipinski definition) is 1. The Hall–Kier alpha value is -3.69. The number of rotatable bonds is 9. The largest absolute Gasteiger partial charge is 0.465 e. The van der Waals surface area contributed by atoms with Crippen molar-refractivity contribution in [3.63, 3.8) is 0 Å². The zero-order valence-electron chi connectivity index (χ0n) is 23.0. The summed E-state index contributed by atoms with van der Waals surface area (Å²) in [4.78, 5) is 30.4. The zero-order valence-corrected chi connectivity index (χ0v) is 23.8. The third-order valence-electron chi connectivity index (χ3n) is 7.49. The maximum absolute atomic E-state index is 13.8. The number of esters is 1. The lowest BCUT2D eigenvalue weighted by atomic mass is 9.83. The summed E-state index contributed by atoms with van der Waals surface area (Å²) < 4.78 is 39.3. The fourth-order valence-corrected chi connectivity index (χ4v) is 6.33. The van der Waals surface area contributed by atoms with Gasteiger partial charge in [-0.3, -0.25) is 4.79 Å². The number of nitrogens with one attached hydrogen (secondary N) is 1. The molecule has 0 bridgehead atoms. The standard InChI is InChI=1S/C32H32F2N2O4S/c1-32(33,34)24-10-6-9-23(15-24)29(37)35-26-17-28-27(16-25(26)31(38)39-2)36-30(41-28)22-13-11-21(12-14-22)19-40-18-20-7-4-3-5-8-20/h3-10,15-17,21-22H,11-14,18-19H2,1-2H3,(H,35,37)/t21-,22-. The van der Waals surface area contributed by atoms with E-state index in [2.05, 4.69) is 17.4 Å². The lowest BCUT2D eigenvalue weighted by Gasteiger charge is -2.27. The highest BCUT2D eigenvalue weighted by Gasteiger charge is 2.27. The van der Waals surface area contributed by atoms with Gasteiger partial charge in [-0.05, 0) is 61.4 Å². The summed E-state index contributed by atoms with van der Waals surface area (Å²) in [5.74, 6) is -3.47. The Labute approximate surface area is 241 Å². The summed E-state index contributed by atoms with van der Waals surface area (Å²) in [7, 11) is 1.26. The molecule has 0 aliphatic heterocycles. The van der Waals surface area contributed by atoms with Gasteiger partial charge in [0.05, 0.1) is 40.2 Å². The lowest BCUT2D eigenvalue weighted by Crippen LogP contribution is -2.17. The molecule has 0 atom stereocenters. The number of alkyl halides is 2. The summed E-state index contributed by atoms with van der Waals surface area (Å²) in [6, 6.07) is 18.8. The molecule has 1 aromatic heterocycles. The van der Waals surface area contributed by atoms with Crippen LogP contribution in [-0.2, 0) is 22.0 Å². The van der Waals surface area contributed by atoms with E-state index in [1.165, 1.54) is 30.9 Å². The van der Waals surface area contributed by atoms with E-state index in [-0.39, 0.29) is 22.4 Å². The number of anilines is 1. The van der Waals surface area contributed by atoms with Crippen LogP contribution in [0, 0.1) is 5.92 Å². The van der Waals surface area contributed by atoms with Gasteiger partial charge in [0, 0.05) is 30.6 Å². The molecule has 5 rings (SSSR count). The van der Waals surface area contributed by atoms with Gasteiger partial charge in [0.15, 0.2) is 0 Å². The van der Waals surface area contributed by atoms with Gasteiger partial charge in [-0.15, -0.1) is 11.3 Å². The Kier molecular flexibility index (Phi) is 8.75. The number of fused-ring (bicyclic) bond motifs is 1. The van der Waals surface area contributed by atoms with E-state index in [0.29, 0.717) is 24.0 Å². The van der Waals surface area contributed by atoms with Gasteiger partial charge in [-0.25, -0.2) is 18.6 Å². The van der Waals surface area contributed by atoms with E-state index >= 15 is 0 Å². The van der Waals surface area contributed by atoms with Gasteiger partial charge in [-0.1, -0.05) is 42.5 Å². The van der Waals surface area contributed by atoms with Gasteiger partial charge < -0.3 is 14.8 Å². The highest BCUT2D eigenvalue weighted by atomic mass is 32.1. The predicted octanol–water partition coefficient (Wildman–Crippen LogP) is 7.94. The molecule has 0 saturated heterocycles. The molecule has 0 unspecified atom stereocenters. The number of thiazole rings is 1. The van der Waals surface area contributed by atoms with Crippen LogP contribution in [0.3, 0.4) is 0 Å². The molecule has 1 heterocycles. The van der Waals surface area contributed by atoms with Gasteiger partial charge >= 0.3 is 5.97 Å². The molecule has 3 aromatic carbocycles. The number of carbonyl (C=O) groups is 2. The van der Waals surface area contributed by atoms with Crippen LogP contribution in [-0.4, -0.2) is 30.6 Å². The minimum Gasteiger partial charge on any atom is -0.465 e. The van der Waals surface area contributed by atoms with Crippen molar-refractivity contribution in [3.8, 4) is 0 Å². The molecule has 0 spiro atoms. The van der Waals surface area contributed by atoms with E-state index in [1.807, 2.05) is 18.2 Å². The minimum absolute atomic E-state index is 0.0643. The molecule has 0 radical (unpaired) electrons. The molecular weight excluding hydrogens is 546 g/mol. The van der Waals surface area contributed by atoms with Crippen LogP contribution in [0.25, 0.3) is 10.2 Å². The lowest BCUT2D eigenvalue weighted by molar-refractivity contribution is 0.0174. The number of halogens is 2. The van der Waals surface area contributed by atoms with E-state index < -0.39 is 17.8 Å². The molecule has 214 valence electrons. The zero-order chi connectivity index (χ0) is 29.0. The summed E-state index contributed by atoms with van der Waals surface area (Å²) in [6.45, 7) is 2.14. The number of benzene rings is 3. The molecule has 1 fully saturated rings. The van der Waals surface area contributed by atoms with E-state index in [9.17, 15) is 18.4 Å². The van der Waals surface area contributed by atoms with Gasteiger partial charge in [0.1, 0.15) is 0 Å². The first-order chi connectivity index (χ1) is 19.7. The molecule has 9 heteroatoms. The Morgan fingerprint density at radius 1 is 1.02 bits per heavy atom. The van der Waals surface area contributed by atoms with Crippen molar-refractivity contribution >= 4 is 39.1 Å². The normalized spacial score (nSPS) is 17.4. The Bertz CT molecular complexity index is 1530. The fourth-order valence-electron chi connectivity index (χ4n) is 5.17. The number of hydrogen-bond acceptors (Lipinski definition) is 6. The number of methoxy groups -OCH3 is 1. The van der Waals surface area contributed by atoms with Crippen molar-refractivity contribution in [1.29, 1.82) is 0 Å². The summed E-state index contributed by atoms with van der Waals surface area (Å²) in [5, 5.41) is 3.72. The van der Waals surface area contributed by atoms with Crippen molar-refractivity contribution < 1.29 is 27.8 Å². The number of ether oxygens (including phenoxy) is 2. The second-order valence-corrected chi connectivity index (χ2v) is 11.6. The predicted molar refractivity (Wildman–Crippen MR) is 156 cm³/mol. The van der Waals surface area contributed by atoms with E-state index in [1.54, 1.807) is 23.5 Å². The number of carbonyl (C=O) groups excluding carboxylic acids is 2. The highest BCUT2D eigenvalue weighted by Crippen LogP contribution is 2.40. The van der Waals surface area contributed by atoms with E-state index in [4.69, 9.17) is 14.5 Å². The molecule has 1 saturated carbocycles. The SMILES string of the molecule is COC(=O)c1cc2nc([C@H]3CC[C@H](COCc4ccccc4)CC3)sc2cc1NC(=O)c1cccc(C(C)(F)F)c1. The molecule has 1 aliphatic rings. The van der Waals surface area contributed by atoms with Crippen molar-refractivity contribution in [2.45, 2.75) is 51.1 Å².